The molecule has 1 aromatic rings. The topological polar surface area (TPSA) is 24.5 Å². The van der Waals surface area contributed by atoms with Gasteiger partial charge in [-0.05, 0) is 44.6 Å². The number of rotatable bonds is 6. The SMILES string of the molecule is COc1ccc(CNCC2(N(C)C)CCCCC2)cc1F. The molecule has 0 spiro atoms. The van der Waals surface area contributed by atoms with Crippen LogP contribution in [0.1, 0.15) is 37.7 Å². The summed E-state index contributed by atoms with van der Waals surface area (Å²) in [6.45, 7) is 1.64. The number of nitrogens with one attached hydrogen (secondary N) is 1. The zero-order valence-corrected chi connectivity index (χ0v) is 13.4. The minimum absolute atomic E-state index is 0.253. The molecule has 0 radical (unpaired) electrons. The van der Waals surface area contributed by atoms with Crippen molar-refractivity contribution in [2.45, 2.75) is 44.2 Å². The molecule has 0 aliphatic heterocycles. The third kappa shape index (κ3) is 3.95. The lowest BCUT2D eigenvalue weighted by Crippen LogP contribution is -2.52. The summed E-state index contributed by atoms with van der Waals surface area (Å²) in [4.78, 5) is 2.35. The number of benzene rings is 1. The zero-order valence-electron chi connectivity index (χ0n) is 13.4. The molecule has 1 saturated carbocycles. The minimum atomic E-state index is -0.295. The maximum atomic E-state index is 13.7. The van der Waals surface area contributed by atoms with Gasteiger partial charge in [0, 0.05) is 18.6 Å². The lowest BCUT2D eigenvalue weighted by Gasteiger charge is -2.43. The standard InChI is InChI=1S/C17H27FN2O/c1-20(2)17(9-5-4-6-10-17)13-19-12-14-7-8-16(21-3)15(18)11-14/h7-8,11,19H,4-6,9-10,12-13H2,1-3H3. The van der Waals surface area contributed by atoms with Gasteiger partial charge in [0.05, 0.1) is 7.11 Å². The van der Waals surface area contributed by atoms with Crippen molar-refractivity contribution < 1.29 is 9.13 Å². The van der Waals surface area contributed by atoms with Crippen LogP contribution in [-0.4, -0.2) is 38.2 Å². The van der Waals surface area contributed by atoms with Crippen molar-refractivity contribution in [1.82, 2.24) is 10.2 Å². The monoisotopic (exact) mass is 294 g/mol. The molecule has 0 bridgehead atoms. The van der Waals surface area contributed by atoms with Gasteiger partial charge in [-0.15, -0.1) is 0 Å². The number of likely N-dealkylation sites (N-methyl/N-ethyl adjacent to an activating group) is 1. The number of hydrogen-bond acceptors (Lipinski definition) is 3. The molecule has 4 heteroatoms. The maximum Gasteiger partial charge on any atom is 0.165 e. The molecule has 3 nitrogen and oxygen atoms in total. The number of ether oxygens (including phenoxy) is 1. The van der Waals surface area contributed by atoms with Crippen molar-refractivity contribution in [1.29, 1.82) is 0 Å². The molecule has 1 aliphatic carbocycles. The average Bonchev–Trinajstić information content (AvgIpc) is 2.48. The molecule has 1 fully saturated rings. The molecular weight excluding hydrogens is 267 g/mol. The van der Waals surface area contributed by atoms with E-state index >= 15 is 0 Å². The predicted molar refractivity (Wildman–Crippen MR) is 84.2 cm³/mol. The van der Waals surface area contributed by atoms with Crippen LogP contribution < -0.4 is 10.1 Å². The summed E-state index contributed by atoms with van der Waals surface area (Å²) in [5, 5.41) is 3.51. The summed E-state index contributed by atoms with van der Waals surface area (Å²) in [7, 11) is 5.82. The quantitative estimate of drug-likeness (QED) is 0.872. The minimum Gasteiger partial charge on any atom is -0.494 e. The van der Waals surface area contributed by atoms with Crippen LogP contribution in [0.3, 0.4) is 0 Å². The van der Waals surface area contributed by atoms with Crippen molar-refractivity contribution in [3.63, 3.8) is 0 Å². The van der Waals surface area contributed by atoms with E-state index < -0.39 is 0 Å². The molecule has 1 aromatic carbocycles. The molecule has 0 amide bonds. The number of nitrogens with zero attached hydrogens (tertiary/aromatic N) is 1. The zero-order chi connectivity index (χ0) is 15.3. The Bertz CT molecular complexity index is 456. The molecule has 0 heterocycles. The summed E-state index contributed by atoms with van der Waals surface area (Å²) < 4.78 is 18.6. The Morgan fingerprint density at radius 2 is 1.95 bits per heavy atom. The first-order valence-electron chi connectivity index (χ1n) is 7.78. The van der Waals surface area contributed by atoms with Crippen molar-refractivity contribution in [3.8, 4) is 5.75 Å². The summed E-state index contributed by atoms with van der Waals surface area (Å²) in [5.41, 5.74) is 1.21. The van der Waals surface area contributed by atoms with Gasteiger partial charge in [-0.1, -0.05) is 25.3 Å². The van der Waals surface area contributed by atoms with Crippen molar-refractivity contribution in [2.75, 3.05) is 27.7 Å². The van der Waals surface area contributed by atoms with Gasteiger partial charge in [0.15, 0.2) is 11.6 Å². The Morgan fingerprint density at radius 1 is 1.24 bits per heavy atom. The van der Waals surface area contributed by atoms with Crippen LogP contribution in [0.5, 0.6) is 5.75 Å². The fourth-order valence-electron chi connectivity index (χ4n) is 3.25. The van der Waals surface area contributed by atoms with Gasteiger partial charge in [0.25, 0.3) is 0 Å². The number of hydrogen-bond donors (Lipinski definition) is 1. The highest BCUT2D eigenvalue weighted by Crippen LogP contribution is 2.31. The normalized spacial score (nSPS) is 18.0. The van der Waals surface area contributed by atoms with Crippen molar-refractivity contribution in [2.24, 2.45) is 0 Å². The van der Waals surface area contributed by atoms with Gasteiger partial charge >= 0.3 is 0 Å². The Balaban J connectivity index is 1.91. The second kappa shape index (κ2) is 7.23. The van der Waals surface area contributed by atoms with E-state index in [1.165, 1.54) is 39.2 Å². The van der Waals surface area contributed by atoms with Crippen LogP contribution in [0.15, 0.2) is 18.2 Å². The number of halogens is 1. The van der Waals surface area contributed by atoms with Crippen LogP contribution in [0.25, 0.3) is 0 Å². The highest BCUT2D eigenvalue weighted by atomic mass is 19.1. The fraction of sp³-hybridized carbons (Fsp3) is 0.647. The molecule has 1 aliphatic rings. The molecule has 118 valence electrons. The largest absolute Gasteiger partial charge is 0.494 e. The van der Waals surface area contributed by atoms with E-state index in [1.807, 2.05) is 6.07 Å². The van der Waals surface area contributed by atoms with Crippen LogP contribution in [0.4, 0.5) is 4.39 Å². The lowest BCUT2D eigenvalue weighted by atomic mass is 9.80. The van der Waals surface area contributed by atoms with E-state index in [1.54, 1.807) is 12.1 Å². The Morgan fingerprint density at radius 3 is 2.52 bits per heavy atom. The van der Waals surface area contributed by atoms with Gasteiger partial charge in [-0.3, -0.25) is 0 Å². The highest BCUT2D eigenvalue weighted by Gasteiger charge is 2.33. The van der Waals surface area contributed by atoms with E-state index in [4.69, 9.17) is 4.74 Å². The van der Waals surface area contributed by atoms with Crippen molar-refractivity contribution >= 4 is 0 Å². The van der Waals surface area contributed by atoms with Gasteiger partial charge in [-0.2, -0.15) is 0 Å². The number of methoxy groups -OCH3 is 1. The van der Waals surface area contributed by atoms with Crippen molar-refractivity contribution in [3.05, 3.63) is 29.6 Å². The maximum absolute atomic E-state index is 13.7. The van der Waals surface area contributed by atoms with E-state index in [-0.39, 0.29) is 11.4 Å². The smallest absolute Gasteiger partial charge is 0.165 e. The molecule has 1 N–H and O–H groups in total. The van der Waals surface area contributed by atoms with E-state index in [9.17, 15) is 4.39 Å². The van der Waals surface area contributed by atoms with Gasteiger partial charge in [-0.25, -0.2) is 4.39 Å². The second-order valence-electron chi connectivity index (χ2n) is 6.25. The summed E-state index contributed by atoms with van der Waals surface area (Å²) in [6, 6.07) is 5.15. The summed E-state index contributed by atoms with van der Waals surface area (Å²) in [6.07, 6.45) is 6.43. The van der Waals surface area contributed by atoms with Crippen LogP contribution in [-0.2, 0) is 6.54 Å². The Labute approximate surface area is 127 Å². The van der Waals surface area contributed by atoms with E-state index in [2.05, 4.69) is 24.3 Å². The molecular formula is C17H27FN2O. The molecule has 0 atom stereocenters. The molecule has 0 unspecified atom stereocenters. The Hall–Kier alpha value is -1.13. The third-order valence-corrected chi connectivity index (χ3v) is 4.73. The van der Waals surface area contributed by atoms with Gasteiger partial charge < -0.3 is 15.0 Å². The summed E-state index contributed by atoms with van der Waals surface area (Å²) in [5.74, 6) is 0.00702. The second-order valence-corrected chi connectivity index (χ2v) is 6.25. The molecule has 0 saturated heterocycles. The van der Waals surface area contributed by atoms with Crippen LogP contribution in [0.2, 0.25) is 0 Å². The molecule has 21 heavy (non-hydrogen) atoms. The first-order valence-corrected chi connectivity index (χ1v) is 7.78. The molecule has 0 aromatic heterocycles. The average molecular weight is 294 g/mol. The predicted octanol–water partition coefficient (Wildman–Crippen LogP) is 3.19. The lowest BCUT2D eigenvalue weighted by molar-refractivity contribution is 0.0984. The van der Waals surface area contributed by atoms with Crippen LogP contribution in [0, 0.1) is 5.82 Å². The first kappa shape index (κ1) is 16.2. The fourth-order valence-corrected chi connectivity index (χ4v) is 3.25. The van der Waals surface area contributed by atoms with Gasteiger partial charge in [0.2, 0.25) is 0 Å². The summed E-state index contributed by atoms with van der Waals surface area (Å²) >= 11 is 0. The first-order chi connectivity index (χ1) is 10.1. The third-order valence-electron chi connectivity index (χ3n) is 4.73. The van der Waals surface area contributed by atoms with Crippen LogP contribution >= 0.6 is 0 Å². The van der Waals surface area contributed by atoms with E-state index in [0.29, 0.717) is 12.3 Å². The Kier molecular flexibility index (Phi) is 5.59. The van der Waals surface area contributed by atoms with E-state index in [0.717, 1.165) is 12.1 Å². The molecule has 2 rings (SSSR count). The van der Waals surface area contributed by atoms with Gasteiger partial charge in [0.1, 0.15) is 0 Å². The highest BCUT2D eigenvalue weighted by molar-refractivity contribution is 5.29.